The first-order valence-electron chi connectivity index (χ1n) is 3.81. The van der Waals surface area contributed by atoms with Gasteiger partial charge in [-0.15, -0.1) is 0 Å². The minimum Gasteiger partial charge on any atom is -0.393 e. The molecule has 0 aromatic carbocycles. The highest BCUT2D eigenvalue weighted by molar-refractivity contribution is 7.80. The van der Waals surface area contributed by atoms with E-state index in [1.807, 2.05) is 0 Å². The van der Waals surface area contributed by atoms with Crippen LogP contribution in [0, 0.1) is 0 Å². The van der Waals surface area contributed by atoms with Gasteiger partial charge in [-0.3, -0.25) is 0 Å². The molecule has 1 heterocycles. The summed E-state index contributed by atoms with van der Waals surface area (Å²) in [5.74, 6) is 0.415. The van der Waals surface area contributed by atoms with Crippen LogP contribution in [-0.2, 0) is 4.74 Å². The van der Waals surface area contributed by atoms with Gasteiger partial charge in [-0.25, -0.2) is 9.97 Å². The zero-order valence-corrected chi connectivity index (χ0v) is 8.12. The molecule has 70 valence electrons. The van der Waals surface area contributed by atoms with Crippen molar-refractivity contribution < 1.29 is 4.74 Å². The van der Waals surface area contributed by atoms with Crippen LogP contribution in [0.15, 0.2) is 18.5 Å². The van der Waals surface area contributed by atoms with Crippen molar-refractivity contribution in [1.29, 1.82) is 0 Å². The first kappa shape index (κ1) is 10.0. The van der Waals surface area contributed by atoms with Gasteiger partial charge >= 0.3 is 0 Å². The molecule has 13 heavy (non-hydrogen) atoms. The monoisotopic (exact) mass is 197 g/mol. The lowest BCUT2D eigenvalue weighted by atomic mass is 10.1. The van der Waals surface area contributed by atoms with E-state index in [-0.39, 0.29) is 5.92 Å². The molecule has 0 spiro atoms. The molecule has 0 radical (unpaired) electrons. The van der Waals surface area contributed by atoms with E-state index in [0.29, 0.717) is 17.4 Å². The molecule has 0 aliphatic heterocycles. The maximum atomic E-state index is 5.53. The summed E-state index contributed by atoms with van der Waals surface area (Å²) < 4.78 is 4.97. The van der Waals surface area contributed by atoms with Gasteiger partial charge in [-0.2, -0.15) is 0 Å². The molecular weight excluding hydrogens is 186 g/mol. The molecule has 2 N–H and O–H groups in total. The maximum absolute atomic E-state index is 5.53. The van der Waals surface area contributed by atoms with E-state index in [0.717, 1.165) is 0 Å². The van der Waals surface area contributed by atoms with Crippen molar-refractivity contribution in [2.24, 2.45) is 5.73 Å². The first-order valence-corrected chi connectivity index (χ1v) is 4.21. The molecule has 1 aromatic heterocycles. The number of ether oxygens (including phenoxy) is 1. The molecule has 0 fully saturated rings. The topological polar surface area (TPSA) is 61.0 Å². The highest BCUT2D eigenvalue weighted by Crippen LogP contribution is 2.10. The summed E-state index contributed by atoms with van der Waals surface area (Å²) in [4.78, 5) is 8.48. The minimum atomic E-state index is -0.193. The molecule has 1 aromatic rings. The number of nitrogens with zero attached hydrogens (tertiary/aromatic N) is 2. The van der Waals surface area contributed by atoms with Crippen LogP contribution in [-0.4, -0.2) is 28.7 Å². The first-order chi connectivity index (χ1) is 6.25. The lowest BCUT2D eigenvalue weighted by Crippen LogP contribution is -2.24. The summed E-state index contributed by atoms with van der Waals surface area (Å²) in [6.45, 7) is 0.416. The second-order valence-corrected chi connectivity index (χ2v) is 2.99. The fraction of sp³-hybridized carbons (Fsp3) is 0.375. The number of methoxy groups -OCH3 is 1. The van der Waals surface area contributed by atoms with Gasteiger partial charge in [0, 0.05) is 19.5 Å². The quantitative estimate of drug-likeness (QED) is 0.712. The fourth-order valence-electron chi connectivity index (χ4n) is 0.941. The Labute approximate surface area is 82.1 Å². The molecule has 1 atom stereocenters. The van der Waals surface area contributed by atoms with Crippen molar-refractivity contribution in [2.45, 2.75) is 5.92 Å². The Balaban J connectivity index is 2.82. The van der Waals surface area contributed by atoms with E-state index < -0.39 is 0 Å². The van der Waals surface area contributed by atoms with Crippen molar-refractivity contribution in [3.63, 3.8) is 0 Å². The van der Waals surface area contributed by atoms with Crippen LogP contribution in [0.2, 0.25) is 0 Å². The molecule has 1 rings (SSSR count). The second-order valence-electron chi connectivity index (χ2n) is 2.52. The van der Waals surface area contributed by atoms with E-state index in [1.165, 1.54) is 0 Å². The number of hydrogen-bond acceptors (Lipinski definition) is 4. The second kappa shape index (κ2) is 4.84. The van der Waals surface area contributed by atoms with E-state index in [4.69, 9.17) is 22.7 Å². The Morgan fingerprint density at radius 1 is 1.62 bits per heavy atom. The molecule has 0 aliphatic rings. The van der Waals surface area contributed by atoms with Gasteiger partial charge in [-0.05, 0) is 6.07 Å². The third kappa shape index (κ3) is 2.71. The number of aromatic nitrogens is 2. The Hall–Kier alpha value is -1.07. The molecule has 0 saturated carbocycles. The SMILES string of the molecule is COCC(C(N)=S)c1ncccn1. The predicted molar refractivity (Wildman–Crippen MR) is 53.4 cm³/mol. The highest BCUT2D eigenvalue weighted by atomic mass is 32.1. The highest BCUT2D eigenvalue weighted by Gasteiger charge is 2.16. The van der Waals surface area contributed by atoms with Crippen LogP contribution in [0.4, 0.5) is 0 Å². The van der Waals surface area contributed by atoms with Crippen molar-refractivity contribution >= 4 is 17.2 Å². The Morgan fingerprint density at radius 3 is 2.69 bits per heavy atom. The molecular formula is C8H11N3OS. The lowest BCUT2D eigenvalue weighted by molar-refractivity contribution is 0.193. The van der Waals surface area contributed by atoms with Gasteiger partial charge in [0.05, 0.1) is 17.5 Å². The predicted octanol–water partition coefficient (Wildman–Crippen LogP) is 0.493. The molecule has 0 bridgehead atoms. The van der Waals surface area contributed by atoms with Crippen LogP contribution >= 0.6 is 12.2 Å². The van der Waals surface area contributed by atoms with Crippen molar-refractivity contribution in [3.8, 4) is 0 Å². The largest absolute Gasteiger partial charge is 0.393 e. The Morgan fingerprint density at radius 2 is 2.23 bits per heavy atom. The van der Waals surface area contributed by atoms with Gasteiger partial charge in [0.1, 0.15) is 5.82 Å². The van der Waals surface area contributed by atoms with Gasteiger partial charge in [-0.1, -0.05) is 12.2 Å². The maximum Gasteiger partial charge on any atom is 0.140 e. The molecule has 4 nitrogen and oxygen atoms in total. The van der Waals surface area contributed by atoms with Crippen molar-refractivity contribution in [1.82, 2.24) is 9.97 Å². The summed E-state index contributed by atoms with van der Waals surface area (Å²) >= 11 is 4.88. The van der Waals surface area contributed by atoms with Crippen molar-refractivity contribution in [3.05, 3.63) is 24.3 Å². The van der Waals surface area contributed by atoms with Gasteiger partial charge in [0.2, 0.25) is 0 Å². The molecule has 0 aliphatic carbocycles. The smallest absolute Gasteiger partial charge is 0.140 e. The Kier molecular flexibility index (Phi) is 3.72. The van der Waals surface area contributed by atoms with E-state index >= 15 is 0 Å². The Bertz CT molecular complexity index is 278. The van der Waals surface area contributed by atoms with Gasteiger partial charge < -0.3 is 10.5 Å². The van der Waals surface area contributed by atoms with Gasteiger partial charge in [0.25, 0.3) is 0 Å². The van der Waals surface area contributed by atoms with E-state index in [2.05, 4.69) is 9.97 Å². The molecule has 1 unspecified atom stereocenters. The average Bonchev–Trinajstić information content (AvgIpc) is 2.15. The average molecular weight is 197 g/mol. The van der Waals surface area contributed by atoms with E-state index in [1.54, 1.807) is 25.6 Å². The minimum absolute atomic E-state index is 0.193. The van der Waals surface area contributed by atoms with Gasteiger partial charge in [0.15, 0.2) is 0 Å². The summed E-state index contributed by atoms with van der Waals surface area (Å²) in [5, 5.41) is 0. The van der Waals surface area contributed by atoms with Crippen LogP contribution in [0.1, 0.15) is 11.7 Å². The lowest BCUT2D eigenvalue weighted by Gasteiger charge is -2.11. The number of rotatable bonds is 4. The standard InChI is InChI=1S/C8H11N3OS/c1-12-5-6(7(9)13)8-10-3-2-4-11-8/h2-4,6H,5H2,1H3,(H2,9,13). The molecule has 5 heteroatoms. The molecule has 0 saturated heterocycles. The summed E-state index contributed by atoms with van der Waals surface area (Å²) in [7, 11) is 1.59. The number of thiocarbonyl (C=S) groups is 1. The van der Waals surface area contributed by atoms with Crippen LogP contribution in [0.25, 0.3) is 0 Å². The normalized spacial score (nSPS) is 12.4. The van der Waals surface area contributed by atoms with Crippen LogP contribution in [0.3, 0.4) is 0 Å². The third-order valence-electron chi connectivity index (χ3n) is 1.57. The van der Waals surface area contributed by atoms with Crippen molar-refractivity contribution in [2.75, 3.05) is 13.7 Å². The summed E-state index contributed by atoms with van der Waals surface area (Å²) in [5.41, 5.74) is 5.53. The summed E-state index contributed by atoms with van der Waals surface area (Å²) in [6.07, 6.45) is 3.31. The third-order valence-corrected chi connectivity index (χ3v) is 1.86. The fourth-order valence-corrected chi connectivity index (χ4v) is 1.11. The van der Waals surface area contributed by atoms with E-state index in [9.17, 15) is 0 Å². The van der Waals surface area contributed by atoms with Crippen LogP contribution < -0.4 is 5.73 Å². The summed E-state index contributed by atoms with van der Waals surface area (Å²) in [6, 6.07) is 1.74. The van der Waals surface area contributed by atoms with Crippen LogP contribution in [0.5, 0.6) is 0 Å². The number of hydrogen-bond donors (Lipinski definition) is 1. The zero-order valence-electron chi connectivity index (χ0n) is 7.30. The molecule has 0 amide bonds. The zero-order chi connectivity index (χ0) is 9.68. The number of nitrogens with two attached hydrogens (primary N) is 1.